The molecule has 2 N–H and O–H groups in total. The van der Waals surface area contributed by atoms with Crippen molar-refractivity contribution in [2.24, 2.45) is 0 Å². The van der Waals surface area contributed by atoms with Crippen molar-refractivity contribution in [2.45, 2.75) is 6.42 Å². The van der Waals surface area contributed by atoms with Crippen LogP contribution in [0.5, 0.6) is 0 Å². The van der Waals surface area contributed by atoms with Crippen molar-refractivity contribution in [3.63, 3.8) is 0 Å². The van der Waals surface area contributed by atoms with E-state index < -0.39 is 28.3 Å². The van der Waals surface area contributed by atoms with Gasteiger partial charge in [-0.3, -0.25) is 4.79 Å². The number of hydrogen-bond acceptors (Lipinski definition) is 3. The number of carbonyl (C=O) groups excluding carboxylic acids is 1. The van der Waals surface area contributed by atoms with Crippen molar-refractivity contribution in [3.8, 4) is 0 Å². The Morgan fingerprint density at radius 1 is 1.00 bits per heavy atom. The fourth-order valence-corrected chi connectivity index (χ4v) is 2.90. The highest BCUT2D eigenvalue weighted by molar-refractivity contribution is 7.89. The highest BCUT2D eigenvalue weighted by atomic mass is 32.2. The Kier molecular flexibility index (Phi) is 5.84. The summed E-state index contributed by atoms with van der Waals surface area (Å²) < 4.78 is 39.3. The average Bonchev–Trinajstić information content (AvgIpc) is 2.55. The second kappa shape index (κ2) is 7.85. The lowest BCUT2D eigenvalue weighted by Crippen LogP contribution is -2.34. The first-order valence-corrected chi connectivity index (χ1v) is 8.67. The van der Waals surface area contributed by atoms with E-state index in [4.69, 9.17) is 0 Å². The molecule has 0 saturated carbocycles. The zero-order valence-electron chi connectivity index (χ0n) is 12.3. The molecule has 0 spiro atoms. The van der Waals surface area contributed by atoms with Crippen molar-refractivity contribution >= 4 is 21.6 Å². The van der Waals surface area contributed by atoms with Gasteiger partial charge in [-0.2, -0.15) is 0 Å². The van der Waals surface area contributed by atoms with Gasteiger partial charge in [-0.25, -0.2) is 17.5 Å². The second-order valence-electron chi connectivity index (χ2n) is 4.90. The molecular formula is C16H17FN2O3S. The maximum absolute atomic E-state index is 13.4. The summed E-state index contributed by atoms with van der Waals surface area (Å²) in [4.78, 5) is 11.7. The summed E-state index contributed by atoms with van der Waals surface area (Å²) in [6, 6.07) is 14.9. The molecule has 5 nitrogen and oxygen atoms in total. The number of rotatable bonds is 7. The van der Waals surface area contributed by atoms with Crippen LogP contribution >= 0.6 is 0 Å². The second-order valence-corrected chi connectivity index (χ2v) is 6.83. The quantitative estimate of drug-likeness (QED) is 0.811. The number of halogens is 1. The number of aryl methyl sites for hydroxylation is 1. The summed E-state index contributed by atoms with van der Waals surface area (Å²) in [6.45, 7) is -0.439. The van der Waals surface area contributed by atoms with E-state index in [9.17, 15) is 17.6 Å². The summed E-state index contributed by atoms with van der Waals surface area (Å²) in [7, 11) is -3.58. The third-order valence-corrected chi connectivity index (χ3v) is 4.43. The first-order chi connectivity index (χ1) is 11.0. The Morgan fingerprint density at radius 2 is 1.65 bits per heavy atom. The van der Waals surface area contributed by atoms with Gasteiger partial charge in [-0.05, 0) is 24.1 Å². The molecule has 0 aliphatic heterocycles. The number of anilines is 1. The zero-order valence-corrected chi connectivity index (χ0v) is 13.1. The molecule has 23 heavy (non-hydrogen) atoms. The summed E-state index contributed by atoms with van der Waals surface area (Å²) in [5, 5.41) is 2.32. The molecule has 2 rings (SSSR count). The van der Waals surface area contributed by atoms with Crippen LogP contribution in [0.2, 0.25) is 0 Å². The largest absolute Gasteiger partial charge is 0.322 e. The number of amides is 1. The molecule has 0 bridgehead atoms. The number of hydrogen-bond donors (Lipinski definition) is 2. The van der Waals surface area contributed by atoms with E-state index in [2.05, 4.69) is 10.0 Å². The molecule has 0 radical (unpaired) electrons. The molecule has 2 aromatic rings. The SMILES string of the molecule is O=C(CNS(=O)(=O)CCc1ccccc1)Nc1ccccc1F. The molecule has 0 saturated heterocycles. The van der Waals surface area contributed by atoms with Crippen LogP contribution in [0, 0.1) is 5.82 Å². The van der Waals surface area contributed by atoms with E-state index in [0.717, 1.165) is 5.56 Å². The lowest BCUT2D eigenvalue weighted by atomic mass is 10.2. The third-order valence-electron chi connectivity index (χ3n) is 3.10. The third kappa shape index (κ3) is 5.80. The van der Waals surface area contributed by atoms with Gasteiger partial charge in [0.15, 0.2) is 0 Å². The van der Waals surface area contributed by atoms with E-state index in [-0.39, 0.29) is 11.4 Å². The molecule has 0 aromatic heterocycles. The molecule has 2 aromatic carbocycles. The van der Waals surface area contributed by atoms with Crippen LogP contribution in [0.15, 0.2) is 54.6 Å². The van der Waals surface area contributed by atoms with Crippen molar-refractivity contribution in [2.75, 3.05) is 17.6 Å². The van der Waals surface area contributed by atoms with Gasteiger partial charge in [0.05, 0.1) is 18.0 Å². The summed E-state index contributed by atoms with van der Waals surface area (Å²) in [5.41, 5.74) is 0.912. The van der Waals surface area contributed by atoms with Gasteiger partial charge in [-0.1, -0.05) is 42.5 Å². The number of carbonyl (C=O) groups is 1. The highest BCUT2D eigenvalue weighted by Gasteiger charge is 2.13. The lowest BCUT2D eigenvalue weighted by molar-refractivity contribution is -0.115. The smallest absolute Gasteiger partial charge is 0.239 e. The standard InChI is InChI=1S/C16H17FN2O3S/c17-14-8-4-5-9-15(14)19-16(20)12-18-23(21,22)11-10-13-6-2-1-3-7-13/h1-9,18H,10-12H2,(H,19,20). The molecule has 0 aliphatic rings. The summed E-state index contributed by atoms with van der Waals surface area (Å²) >= 11 is 0. The predicted molar refractivity (Wildman–Crippen MR) is 87.0 cm³/mol. The van der Waals surface area contributed by atoms with Gasteiger partial charge in [0.2, 0.25) is 15.9 Å². The van der Waals surface area contributed by atoms with Crippen LogP contribution in [0.4, 0.5) is 10.1 Å². The summed E-state index contributed by atoms with van der Waals surface area (Å²) in [5.74, 6) is -1.32. The predicted octanol–water partition coefficient (Wildman–Crippen LogP) is 1.93. The molecule has 0 unspecified atom stereocenters. The van der Waals surface area contributed by atoms with Crippen molar-refractivity contribution in [1.29, 1.82) is 0 Å². The first kappa shape index (κ1) is 17.1. The molecule has 1 amide bonds. The minimum Gasteiger partial charge on any atom is -0.322 e. The molecule has 0 atom stereocenters. The van der Waals surface area contributed by atoms with Gasteiger partial charge in [-0.15, -0.1) is 0 Å². The Labute approximate surface area is 134 Å². The fraction of sp³-hybridized carbons (Fsp3) is 0.188. The molecular weight excluding hydrogens is 319 g/mol. The minimum atomic E-state index is -3.58. The van der Waals surface area contributed by atoms with E-state index in [1.54, 1.807) is 6.07 Å². The van der Waals surface area contributed by atoms with Gasteiger partial charge < -0.3 is 5.32 Å². The first-order valence-electron chi connectivity index (χ1n) is 7.02. The van der Waals surface area contributed by atoms with Gasteiger partial charge in [0.1, 0.15) is 5.82 Å². The average molecular weight is 336 g/mol. The Hall–Kier alpha value is -2.25. The van der Waals surface area contributed by atoms with Crippen molar-refractivity contribution in [3.05, 3.63) is 66.0 Å². The Bertz CT molecular complexity index is 764. The van der Waals surface area contributed by atoms with Crippen LogP contribution in [-0.2, 0) is 21.2 Å². The van der Waals surface area contributed by atoms with Gasteiger partial charge in [0.25, 0.3) is 0 Å². The van der Waals surface area contributed by atoms with E-state index in [0.29, 0.717) is 6.42 Å². The number of para-hydroxylation sites is 1. The summed E-state index contributed by atoms with van der Waals surface area (Å²) in [6.07, 6.45) is 0.352. The van der Waals surface area contributed by atoms with Crippen molar-refractivity contribution < 1.29 is 17.6 Å². The van der Waals surface area contributed by atoms with Crippen molar-refractivity contribution in [1.82, 2.24) is 4.72 Å². The van der Waals surface area contributed by atoms with Crippen LogP contribution in [0.3, 0.4) is 0 Å². The topological polar surface area (TPSA) is 75.3 Å². The molecule has 0 fully saturated rings. The van der Waals surface area contributed by atoms with Crippen LogP contribution in [0.25, 0.3) is 0 Å². The molecule has 0 aliphatic carbocycles. The maximum atomic E-state index is 13.4. The number of benzene rings is 2. The van der Waals surface area contributed by atoms with E-state index in [1.165, 1.54) is 18.2 Å². The molecule has 122 valence electrons. The number of nitrogens with one attached hydrogen (secondary N) is 2. The van der Waals surface area contributed by atoms with Crippen LogP contribution < -0.4 is 10.0 Å². The molecule has 7 heteroatoms. The maximum Gasteiger partial charge on any atom is 0.239 e. The lowest BCUT2D eigenvalue weighted by Gasteiger charge is -2.08. The number of sulfonamides is 1. The van der Waals surface area contributed by atoms with Gasteiger partial charge in [0, 0.05) is 0 Å². The zero-order chi connectivity index (χ0) is 16.7. The van der Waals surface area contributed by atoms with Gasteiger partial charge >= 0.3 is 0 Å². The van der Waals surface area contributed by atoms with E-state index >= 15 is 0 Å². The minimum absolute atomic E-state index is 0.0148. The monoisotopic (exact) mass is 336 g/mol. The normalized spacial score (nSPS) is 11.2. The van der Waals surface area contributed by atoms with E-state index in [1.807, 2.05) is 30.3 Å². The fourth-order valence-electron chi connectivity index (χ4n) is 1.90. The van der Waals surface area contributed by atoms with Crippen LogP contribution in [-0.4, -0.2) is 26.6 Å². The highest BCUT2D eigenvalue weighted by Crippen LogP contribution is 2.11. The Balaban J connectivity index is 1.82. The molecule has 0 heterocycles. The Morgan fingerprint density at radius 3 is 2.35 bits per heavy atom. The van der Waals surface area contributed by atoms with Crippen LogP contribution in [0.1, 0.15) is 5.56 Å².